The van der Waals surface area contributed by atoms with Crippen LogP contribution in [-0.4, -0.2) is 44.1 Å². The normalized spacial score (nSPS) is 16.7. The third-order valence-corrected chi connectivity index (χ3v) is 6.15. The Hall–Kier alpha value is -3.34. The number of methoxy groups -OCH3 is 1. The molecule has 4 nitrogen and oxygen atoms in total. The van der Waals surface area contributed by atoms with Crippen LogP contribution in [0.5, 0.6) is 5.75 Å². The van der Waals surface area contributed by atoms with Gasteiger partial charge in [0.1, 0.15) is 11.6 Å². The van der Waals surface area contributed by atoms with Crippen molar-refractivity contribution in [1.29, 1.82) is 0 Å². The van der Waals surface area contributed by atoms with Crippen LogP contribution in [0.2, 0.25) is 0 Å². The van der Waals surface area contributed by atoms with Gasteiger partial charge in [0.25, 0.3) is 5.91 Å². The molecule has 152 valence electrons. The molecular formula is C25H23FN2O2. The van der Waals surface area contributed by atoms with Gasteiger partial charge in [-0.15, -0.1) is 0 Å². The zero-order chi connectivity index (χ0) is 20.7. The van der Waals surface area contributed by atoms with Crippen LogP contribution in [0.15, 0.2) is 72.8 Å². The number of likely N-dealkylation sites (tertiary alicyclic amines) is 1. The van der Waals surface area contributed by atoms with E-state index in [9.17, 15) is 9.18 Å². The number of anilines is 1. The van der Waals surface area contributed by atoms with Gasteiger partial charge in [-0.3, -0.25) is 4.79 Å². The highest BCUT2D eigenvalue weighted by atomic mass is 19.1. The number of rotatable bonds is 4. The third-order valence-electron chi connectivity index (χ3n) is 6.15. The van der Waals surface area contributed by atoms with Crippen LogP contribution in [-0.2, 0) is 0 Å². The summed E-state index contributed by atoms with van der Waals surface area (Å²) in [5.74, 6) is 0.511. The highest BCUT2D eigenvalue weighted by Gasteiger charge is 2.53. The second-order valence-electron chi connectivity index (χ2n) is 8.24. The Bertz CT molecular complexity index is 1080. The molecule has 3 aromatic carbocycles. The summed E-state index contributed by atoms with van der Waals surface area (Å²) in [7, 11) is 1.66. The predicted octanol–water partition coefficient (Wildman–Crippen LogP) is 4.46. The van der Waals surface area contributed by atoms with Gasteiger partial charge < -0.3 is 14.5 Å². The summed E-state index contributed by atoms with van der Waals surface area (Å²) in [5.41, 5.74) is 3.02. The topological polar surface area (TPSA) is 32.8 Å². The molecule has 1 amide bonds. The van der Waals surface area contributed by atoms with Crippen LogP contribution in [0, 0.1) is 11.2 Å². The summed E-state index contributed by atoms with van der Waals surface area (Å²) in [6.45, 7) is 3.37. The largest absolute Gasteiger partial charge is 0.497 e. The molecule has 5 heteroatoms. The number of nitrogens with zero attached hydrogens (tertiary/aromatic N) is 2. The highest BCUT2D eigenvalue weighted by Crippen LogP contribution is 2.43. The fourth-order valence-corrected chi connectivity index (χ4v) is 4.60. The Morgan fingerprint density at radius 2 is 1.50 bits per heavy atom. The first-order valence-electron chi connectivity index (χ1n) is 10.1. The minimum atomic E-state index is -0.313. The van der Waals surface area contributed by atoms with Crippen LogP contribution < -0.4 is 9.64 Å². The van der Waals surface area contributed by atoms with E-state index in [0.717, 1.165) is 31.9 Å². The molecule has 3 aromatic rings. The van der Waals surface area contributed by atoms with E-state index in [4.69, 9.17) is 4.74 Å². The lowest BCUT2D eigenvalue weighted by Gasteiger charge is -2.61. The van der Waals surface area contributed by atoms with Gasteiger partial charge in [0.2, 0.25) is 0 Å². The lowest BCUT2D eigenvalue weighted by molar-refractivity contribution is -0.0104. The van der Waals surface area contributed by atoms with Crippen molar-refractivity contribution in [3.63, 3.8) is 0 Å². The van der Waals surface area contributed by atoms with E-state index < -0.39 is 0 Å². The fraction of sp³-hybridized carbons (Fsp3) is 0.240. The number of halogens is 1. The molecule has 0 N–H and O–H groups in total. The van der Waals surface area contributed by atoms with Gasteiger partial charge >= 0.3 is 0 Å². The van der Waals surface area contributed by atoms with Gasteiger partial charge in [0.05, 0.1) is 7.11 Å². The summed E-state index contributed by atoms with van der Waals surface area (Å²) in [4.78, 5) is 17.4. The first-order valence-corrected chi connectivity index (χ1v) is 10.1. The van der Waals surface area contributed by atoms with Crippen LogP contribution in [0.25, 0.3) is 11.1 Å². The average molecular weight is 402 g/mol. The first kappa shape index (κ1) is 18.7. The Labute approximate surface area is 175 Å². The average Bonchev–Trinajstić information content (AvgIpc) is 2.72. The van der Waals surface area contributed by atoms with Crippen molar-refractivity contribution in [2.24, 2.45) is 5.41 Å². The zero-order valence-corrected chi connectivity index (χ0v) is 16.8. The first-order chi connectivity index (χ1) is 14.6. The standard InChI is InChI=1S/C25H23FN2O2/c1-30-19-12-10-18(11-13-19)27-14-25(15-27)16-28(17-25)24(29)22-8-3-2-6-20(22)21-7-4-5-9-23(21)26/h2-13H,14-17H2,1H3. The molecule has 0 radical (unpaired) electrons. The molecule has 1 spiro atoms. The summed E-state index contributed by atoms with van der Waals surface area (Å²) in [6, 6.07) is 22.0. The van der Waals surface area contributed by atoms with E-state index in [1.54, 1.807) is 31.4 Å². The number of amides is 1. The van der Waals surface area contributed by atoms with Crippen molar-refractivity contribution in [3.05, 3.63) is 84.2 Å². The molecule has 2 saturated heterocycles. The lowest BCUT2D eigenvalue weighted by Crippen LogP contribution is -2.73. The maximum atomic E-state index is 14.3. The van der Waals surface area contributed by atoms with Crippen molar-refractivity contribution < 1.29 is 13.9 Å². The quantitative estimate of drug-likeness (QED) is 0.646. The van der Waals surface area contributed by atoms with Gasteiger partial charge in [-0.1, -0.05) is 36.4 Å². The molecule has 2 aliphatic heterocycles. The molecule has 30 heavy (non-hydrogen) atoms. The maximum Gasteiger partial charge on any atom is 0.254 e. The number of ether oxygens (including phenoxy) is 1. The SMILES string of the molecule is COc1ccc(N2CC3(CN(C(=O)c4ccccc4-c4ccccc4F)C3)C2)cc1. The number of carbonyl (C=O) groups excluding carboxylic acids is 1. The van der Waals surface area contributed by atoms with Crippen LogP contribution in [0.3, 0.4) is 0 Å². The zero-order valence-electron chi connectivity index (χ0n) is 16.8. The minimum absolute atomic E-state index is 0.0256. The van der Waals surface area contributed by atoms with Gasteiger partial charge in [-0.25, -0.2) is 4.39 Å². The van der Waals surface area contributed by atoms with E-state index in [0.29, 0.717) is 16.7 Å². The van der Waals surface area contributed by atoms with E-state index in [1.807, 2.05) is 35.2 Å². The van der Waals surface area contributed by atoms with E-state index in [2.05, 4.69) is 17.0 Å². The predicted molar refractivity (Wildman–Crippen MR) is 115 cm³/mol. The molecule has 0 saturated carbocycles. The Kier molecular flexibility index (Phi) is 4.46. The lowest BCUT2D eigenvalue weighted by atomic mass is 9.72. The van der Waals surface area contributed by atoms with Crippen molar-refractivity contribution in [2.45, 2.75) is 0 Å². The minimum Gasteiger partial charge on any atom is -0.497 e. The second-order valence-corrected chi connectivity index (χ2v) is 8.24. The monoisotopic (exact) mass is 402 g/mol. The van der Waals surface area contributed by atoms with Crippen molar-refractivity contribution >= 4 is 11.6 Å². The van der Waals surface area contributed by atoms with E-state index in [1.165, 1.54) is 11.8 Å². The van der Waals surface area contributed by atoms with E-state index >= 15 is 0 Å². The molecule has 0 atom stereocenters. The highest BCUT2D eigenvalue weighted by molar-refractivity contribution is 6.01. The fourth-order valence-electron chi connectivity index (χ4n) is 4.60. The Morgan fingerprint density at radius 3 is 2.17 bits per heavy atom. The van der Waals surface area contributed by atoms with E-state index in [-0.39, 0.29) is 17.1 Å². The summed E-state index contributed by atoms with van der Waals surface area (Å²) < 4.78 is 19.5. The third kappa shape index (κ3) is 3.11. The number of benzene rings is 3. The molecule has 0 unspecified atom stereocenters. The number of carbonyl (C=O) groups is 1. The van der Waals surface area contributed by atoms with Gasteiger partial charge in [0, 0.05) is 48.4 Å². The molecule has 0 aliphatic carbocycles. The van der Waals surface area contributed by atoms with Crippen molar-refractivity contribution in [1.82, 2.24) is 4.90 Å². The van der Waals surface area contributed by atoms with Crippen molar-refractivity contribution in [2.75, 3.05) is 38.2 Å². The smallest absolute Gasteiger partial charge is 0.254 e. The molecule has 2 fully saturated rings. The Morgan fingerprint density at radius 1 is 0.867 bits per heavy atom. The van der Waals surface area contributed by atoms with Gasteiger partial charge in [0.15, 0.2) is 0 Å². The van der Waals surface area contributed by atoms with Crippen molar-refractivity contribution in [3.8, 4) is 16.9 Å². The number of hydrogen-bond donors (Lipinski definition) is 0. The summed E-state index contributed by atoms with van der Waals surface area (Å²) in [6.07, 6.45) is 0. The Balaban J connectivity index is 1.27. The molecule has 2 heterocycles. The van der Waals surface area contributed by atoms with Crippen LogP contribution in [0.4, 0.5) is 10.1 Å². The van der Waals surface area contributed by atoms with Crippen LogP contribution >= 0.6 is 0 Å². The second kappa shape index (κ2) is 7.17. The summed E-state index contributed by atoms with van der Waals surface area (Å²) in [5, 5.41) is 0. The maximum absolute atomic E-state index is 14.3. The summed E-state index contributed by atoms with van der Waals surface area (Å²) >= 11 is 0. The molecule has 5 rings (SSSR count). The molecule has 0 bridgehead atoms. The number of hydrogen-bond acceptors (Lipinski definition) is 3. The molecule has 0 aromatic heterocycles. The molecule has 2 aliphatic rings. The van der Waals surface area contributed by atoms with Gasteiger partial charge in [-0.2, -0.15) is 0 Å². The molecular weight excluding hydrogens is 379 g/mol. The van der Waals surface area contributed by atoms with Crippen LogP contribution in [0.1, 0.15) is 10.4 Å². The van der Waals surface area contributed by atoms with Gasteiger partial charge in [-0.05, 0) is 42.0 Å².